The van der Waals surface area contributed by atoms with Crippen molar-refractivity contribution in [3.63, 3.8) is 0 Å². The summed E-state index contributed by atoms with van der Waals surface area (Å²) >= 11 is 0. The zero-order valence-electron chi connectivity index (χ0n) is 21.9. The summed E-state index contributed by atoms with van der Waals surface area (Å²) < 4.78 is 0. The molecule has 2 fully saturated rings. The van der Waals surface area contributed by atoms with Gasteiger partial charge in [-0.15, -0.1) is 0 Å². The number of aliphatic hydroxyl groups excluding tert-OH is 1. The normalized spacial score (nSPS) is 17.9. The molecule has 2 aromatic heterocycles. The van der Waals surface area contributed by atoms with Crippen LogP contribution in [0.5, 0.6) is 0 Å². The highest BCUT2D eigenvalue weighted by Gasteiger charge is 2.19. The number of nitrogens with zero attached hydrogens (tertiary/aromatic N) is 5. The van der Waals surface area contributed by atoms with Crippen LogP contribution in [0.3, 0.4) is 0 Å². The van der Waals surface area contributed by atoms with Crippen molar-refractivity contribution >= 4 is 34.8 Å². The summed E-state index contributed by atoms with van der Waals surface area (Å²) in [4.78, 5) is 26.3. The molecule has 0 atom stereocenters. The number of pyridine rings is 1. The number of aliphatic imine (C=N–C) groups is 1. The van der Waals surface area contributed by atoms with Gasteiger partial charge in [0.1, 0.15) is 0 Å². The number of hydrogen-bond donors (Lipinski definition) is 3. The minimum Gasteiger partial charge on any atom is -0.393 e. The number of fused-ring (bicyclic) bond motifs is 1. The van der Waals surface area contributed by atoms with Crippen LogP contribution in [-0.4, -0.2) is 81.5 Å². The Kier molecular flexibility index (Phi) is 8.07. The lowest BCUT2D eigenvalue weighted by Gasteiger charge is -2.30. The average Bonchev–Trinajstić information content (AvgIpc) is 3.32. The van der Waals surface area contributed by atoms with Gasteiger partial charge in [0.05, 0.1) is 29.2 Å². The third-order valence-corrected chi connectivity index (χ3v) is 7.27. The number of benzene rings is 1. The Morgan fingerprint density at radius 1 is 1.21 bits per heavy atom. The number of H-pyrrole nitrogens is 1. The molecule has 0 radical (unpaired) electrons. The van der Waals surface area contributed by atoms with Crippen molar-refractivity contribution in [3.8, 4) is 0 Å². The lowest BCUT2D eigenvalue weighted by Crippen LogP contribution is -2.36. The first-order valence-electron chi connectivity index (χ1n) is 13.2. The maximum absolute atomic E-state index is 13.1. The number of anilines is 1. The predicted molar refractivity (Wildman–Crippen MR) is 151 cm³/mol. The number of carbonyl (C=O) groups is 1. The highest BCUT2D eigenvalue weighted by Crippen LogP contribution is 2.25. The Morgan fingerprint density at radius 2 is 2.03 bits per heavy atom. The number of carbonyl (C=O) groups excluding carboxylic acids is 1. The first-order valence-corrected chi connectivity index (χ1v) is 13.2. The van der Waals surface area contributed by atoms with Gasteiger partial charge < -0.3 is 10.4 Å². The van der Waals surface area contributed by atoms with Crippen LogP contribution in [0.2, 0.25) is 0 Å². The Labute approximate surface area is 223 Å². The topological polar surface area (TPSA) is 110 Å². The molecular weight excluding hydrogens is 478 g/mol. The number of piperidine rings is 1. The van der Waals surface area contributed by atoms with Gasteiger partial charge in [0.2, 0.25) is 0 Å². The smallest absolute Gasteiger partial charge is 0.276 e. The molecule has 0 spiro atoms. The number of aromatic nitrogens is 3. The number of rotatable bonds is 9. The van der Waals surface area contributed by atoms with E-state index in [4.69, 9.17) is 0 Å². The van der Waals surface area contributed by atoms with Gasteiger partial charge in [-0.1, -0.05) is 12.1 Å². The Hall–Kier alpha value is -3.66. The molecule has 0 aliphatic carbocycles. The maximum atomic E-state index is 13.1. The van der Waals surface area contributed by atoms with Crippen LogP contribution in [0, 0.1) is 0 Å². The van der Waals surface area contributed by atoms with E-state index in [1.807, 2.05) is 37.3 Å². The molecule has 0 bridgehead atoms. The zero-order valence-corrected chi connectivity index (χ0v) is 21.9. The zero-order chi connectivity index (χ0) is 26.5. The summed E-state index contributed by atoms with van der Waals surface area (Å²) in [6.07, 6.45) is 8.21. The number of nitrogens with one attached hydrogen (secondary N) is 2. The van der Waals surface area contributed by atoms with E-state index in [2.05, 4.69) is 48.1 Å². The molecule has 3 N–H and O–H groups in total. The molecule has 5 rings (SSSR count). The first-order chi connectivity index (χ1) is 18.5. The van der Waals surface area contributed by atoms with Crippen molar-refractivity contribution in [1.29, 1.82) is 0 Å². The fraction of sp³-hybridized carbons (Fsp3) is 0.379. The lowest BCUT2D eigenvalue weighted by atomic mass is 10.0. The van der Waals surface area contributed by atoms with Gasteiger partial charge in [-0.05, 0) is 87.0 Å². The second-order valence-electron chi connectivity index (χ2n) is 10.2. The monoisotopic (exact) mass is 513 g/mol. The molecular formula is C29H35N7O2. The number of amides is 1. The van der Waals surface area contributed by atoms with E-state index in [1.54, 1.807) is 12.4 Å². The van der Waals surface area contributed by atoms with Gasteiger partial charge in [-0.25, -0.2) is 0 Å². The highest BCUT2D eigenvalue weighted by molar-refractivity contribution is 6.11. The molecule has 2 aliphatic heterocycles. The molecule has 4 heterocycles. The van der Waals surface area contributed by atoms with Gasteiger partial charge in [0.15, 0.2) is 5.69 Å². The van der Waals surface area contributed by atoms with Crippen molar-refractivity contribution < 1.29 is 9.90 Å². The number of aliphatic hydroxyl groups is 1. The number of allylic oxidation sites excluding steroid dienone is 1. The summed E-state index contributed by atoms with van der Waals surface area (Å²) in [5, 5.41) is 20.7. The van der Waals surface area contributed by atoms with Crippen LogP contribution in [-0.2, 0) is 6.54 Å². The van der Waals surface area contributed by atoms with Crippen molar-refractivity contribution in [2.45, 2.75) is 38.8 Å². The largest absolute Gasteiger partial charge is 0.393 e. The minimum absolute atomic E-state index is 0.202. The fourth-order valence-corrected chi connectivity index (χ4v) is 4.92. The van der Waals surface area contributed by atoms with E-state index in [-0.39, 0.29) is 12.0 Å². The number of aromatic amines is 1. The fourth-order valence-electron chi connectivity index (χ4n) is 4.92. The van der Waals surface area contributed by atoms with E-state index in [0.29, 0.717) is 11.4 Å². The van der Waals surface area contributed by atoms with Gasteiger partial charge in [-0.2, -0.15) is 5.10 Å². The van der Waals surface area contributed by atoms with Crippen molar-refractivity contribution in [2.24, 2.45) is 4.99 Å². The van der Waals surface area contributed by atoms with Crippen LogP contribution in [0.4, 0.5) is 5.69 Å². The minimum atomic E-state index is -0.281. The van der Waals surface area contributed by atoms with Crippen LogP contribution >= 0.6 is 0 Å². The number of likely N-dealkylation sites (tertiary alicyclic amines) is 2. The molecule has 0 unspecified atom stereocenters. The predicted octanol–water partition coefficient (Wildman–Crippen LogP) is 3.86. The molecule has 9 nitrogen and oxygen atoms in total. The summed E-state index contributed by atoms with van der Waals surface area (Å²) in [5.74, 6) is -0.281. The molecule has 1 aromatic carbocycles. The van der Waals surface area contributed by atoms with Gasteiger partial charge in [0.25, 0.3) is 5.91 Å². The Morgan fingerprint density at radius 3 is 2.71 bits per heavy atom. The first kappa shape index (κ1) is 26.0. The summed E-state index contributed by atoms with van der Waals surface area (Å²) in [6.45, 7) is 11.2. The maximum Gasteiger partial charge on any atom is 0.276 e. The van der Waals surface area contributed by atoms with E-state index >= 15 is 0 Å². The van der Waals surface area contributed by atoms with Crippen LogP contribution < -0.4 is 5.32 Å². The third kappa shape index (κ3) is 6.24. The highest BCUT2D eigenvalue weighted by atomic mass is 16.3. The lowest BCUT2D eigenvalue weighted by molar-refractivity contribution is 0.0872. The van der Waals surface area contributed by atoms with E-state index in [9.17, 15) is 9.90 Å². The molecule has 198 valence electrons. The molecule has 0 saturated carbocycles. The second kappa shape index (κ2) is 11.8. The van der Waals surface area contributed by atoms with E-state index in [1.165, 1.54) is 6.42 Å². The standard InChI is InChI=1S/C29H35N7O2/c1-20(14-21(16-30-2)18-36-12-8-25(37)9-13-36)22-4-7-27-26(15-22)28(34-33-27)29(38)32-23-5-6-24(31-17-23)19-35-10-3-11-35/h4-7,14-17,25,37H,2-3,8-13,18-19H2,1H3,(H,32,38)(H,33,34)/b20-14+,21-16+. The van der Waals surface area contributed by atoms with Crippen molar-refractivity contribution in [2.75, 3.05) is 38.0 Å². The quantitative estimate of drug-likeness (QED) is 0.296. The summed E-state index contributed by atoms with van der Waals surface area (Å²) in [5.41, 5.74) is 5.87. The Balaban J connectivity index is 1.30. The van der Waals surface area contributed by atoms with Gasteiger partial charge in [-0.3, -0.25) is 29.7 Å². The van der Waals surface area contributed by atoms with E-state index < -0.39 is 0 Å². The molecule has 3 aromatic rings. The molecule has 9 heteroatoms. The van der Waals surface area contributed by atoms with Gasteiger partial charge >= 0.3 is 0 Å². The van der Waals surface area contributed by atoms with Crippen molar-refractivity contribution in [3.05, 3.63) is 71.3 Å². The molecule has 2 aliphatic rings. The molecule has 1 amide bonds. The Bertz CT molecular complexity index is 1350. The molecule has 38 heavy (non-hydrogen) atoms. The summed E-state index contributed by atoms with van der Waals surface area (Å²) in [6, 6.07) is 9.80. The van der Waals surface area contributed by atoms with Crippen LogP contribution in [0.25, 0.3) is 16.5 Å². The summed E-state index contributed by atoms with van der Waals surface area (Å²) in [7, 11) is 0. The van der Waals surface area contributed by atoms with Crippen LogP contribution in [0.15, 0.2) is 59.4 Å². The molecule has 2 saturated heterocycles. The number of hydrogen-bond acceptors (Lipinski definition) is 7. The van der Waals surface area contributed by atoms with E-state index in [0.717, 1.165) is 85.4 Å². The third-order valence-electron chi connectivity index (χ3n) is 7.27. The van der Waals surface area contributed by atoms with Crippen LogP contribution in [0.1, 0.15) is 47.9 Å². The average molecular weight is 514 g/mol. The van der Waals surface area contributed by atoms with Gasteiger partial charge in [0, 0.05) is 37.8 Å². The SMILES string of the molecule is C=N/C=C(\C=C(/C)c1ccc2[nH]nc(C(=O)Nc3ccc(CN4CCC4)nc3)c2c1)CN1CCC(O)CC1. The van der Waals surface area contributed by atoms with Crippen molar-refractivity contribution in [1.82, 2.24) is 25.0 Å². The second-order valence-corrected chi connectivity index (χ2v) is 10.2.